The molecule has 7 heteroatoms. The van der Waals surface area contributed by atoms with E-state index in [-0.39, 0.29) is 5.91 Å². The number of hydrogen-bond acceptors (Lipinski definition) is 6. The molecule has 1 aliphatic rings. The molecule has 1 amide bonds. The molecule has 0 spiro atoms. The number of anilines is 2. The molecular weight excluding hydrogens is 442 g/mol. The number of amides is 1. The van der Waals surface area contributed by atoms with E-state index in [2.05, 4.69) is 11.4 Å². The van der Waals surface area contributed by atoms with Gasteiger partial charge in [0.25, 0.3) is 5.91 Å². The second kappa shape index (κ2) is 10.7. The van der Waals surface area contributed by atoms with Crippen LogP contribution in [0.25, 0.3) is 0 Å². The van der Waals surface area contributed by atoms with Crippen molar-refractivity contribution < 1.29 is 4.79 Å². The summed E-state index contributed by atoms with van der Waals surface area (Å²) in [7, 11) is 1.92. The van der Waals surface area contributed by atoms with Gasteiger partial charge in [-0.2, -0.15) is 5.26 Å². The molecule has 170 valence electrons. The Morgan fingerprint density at radius 1 is 1.09 bits per heavy atom. The van der Waals surface area contributed by atoms with E-state index >= 15 is 0 Å². The number of nitriles is 1. The number of thioether (sulfide) groups is 1. The number of carbonyl (C=O) groups excluding carboxylic acids is 1. The molecular formula is C27H25N5OS. The molecule has 1 fully saturated rings. The highest BCUT2D eigenvalue weighted by atomic mass is 32.2. The standard InChI is InChI=1S/C27H25N5OS/c1-3-29-23-15-14-21(17-28)16-24(23)30-27-32(18-20-10-6-4-7-11-20)26(33)25(34-27)19-31(2)22-12-8-5-9-13-22/h4-16,19,29H,3,18H2,1-2H3/b25-19?,30-27-. The van der Waals surface area contributed by atoms with Crippen LogP contribution in [0, 0.1) is 11.3 Å². The lowest BCUT2D eigenvalue weighted by molar-refractivity contribution is -0.122. The molecule has 0 saturated carbocycles. The highest BCUT2D eigenvalue weighted by molar-refractivity contribution is 8.18. The second-order valence-electron chi connectivity index (χ2n) is 7.69. The van der Waals surface area contributed by atoms with Crippen LogP contribution in [0.1, 0.15) is 18.1 Å². The summed E-state index contributed by atoms with van der Waals surface area (Å²) in [6.07, 6.45) is 1.85. The van der Waals surface area contributed by atoms with Crippen molar-refractivity contribution in [3.8, 4) is 6.07 Å². The average molecular weight is 468 g/mol. The van der Waals surface area contributed by atoms with Crippen LogP contribution >= 0.6 is 11.8 Å². The minimum absolute atomic E-state index is 0.100. The molecule has 1 N–H and O–H groups in total. The molecule has 0 atom stereocenters. The molecule has 1 saturated heterocycles. The minimum Gasteiger partial charge on any atom is -0.384 e. The number of para-hydroxylation sites is 1. The molecule has 34 heavy (non-hydrogen) atoms. The van der Waals surface area contributed by atoms with Crippen LogP contribution in [0.4, 0.5) is 17.1 Å². The number of benzene rings is 3. The molecule has 3 aromatic rings. The quantitative estimate of drug-likeness (QED) is 0.449. The van der Waals surface area contributed by atoms with Crippen LogP contribution < -0.4 is 10.2 Å². The van der Waals surface area contributed by atoms with Crippen molar-refractivity contribution in [2.45, 2.75) is 13.5 Å². The number of amidine groups is 1. The van der Waals surface area contributed by atoms with Gasteiger partial charge < -0.3 is 10.2 Å². The molecule has 0 radical (unpaired) electrons. The van der Waals surface area contributed by atoms with Crippen molar-refractivity contribution in [3.63, 3.8) is 0 Å². The lowest BCUT2D eigenvalue weighted by Gasteiger charge is -2.17. The Kier molecular flexibility index (Phi) is 7.31. The zero-order valence-corrected chi connectivity index (χ0v) is 19.9. The minimum atomic E-state index is -0.100. The van der Waals surface area contributed by atoms with Gasteiger partial charge in [-0.15, -0.1) is 0 Å². The summed E-state index contributed by atoms with van der Waals surface area (Å²) in [5.41, 5.74) is 3.97. The summed E-state index contributed by atoms with van der Waals surface area (Å²) >= 11 is 1.34. The SMILES string of the molecule is CCNc1ccc(C#N)cc1/N=C1\SC(=CN(C)c2ccccc2)C(=O)N1Cc1ccccc1. The van der Waals surface area contributed by atoms with Crippen LogP contribution in [0.15, 0.2) is 95.0 Å². The van der Waals surface area contributed by atoms with Gasteiger partial charge in [0.15, 0.2) is 5.17 Å². The van der Waals surface area contributed by atoms with Crippen LogP contribution in [0.3, 0.4) is 0 Å². The van der Waals surface area contributed by atoms with Crippen molar-refractivity contribution >= 4 is 39.9 Å². The first-order valence-electron chi connectivity index (χ1n) is 11.0. The third-order valence-corrected chi connectivity index (χ3v) is 6.25. The molecule has 6 nitrogen and oxygen atoms in total. The zero-order chi connectivity index (χ0) is 23.9. The van der Waals surface area contributed by atoms with E-state index in [4.69, 9.17) is 4.99 Å². The topological polar surface area (TPSA) is 71.7 Å². The van der Waals surface area contributed by atoms with E-state index in [9.17, 15) is 10.1 Å². The van der Waals surface area contributed by atoms with Gasteiger partial charge in [-0.1, -0.05) is 48.5 Å². The number of hydrogen-bond donors (Lipinski definition) is 1. The van der Waals surface area contributed by atoms with E-state index in [0.29, 0.717) is 27.9 Å². The maximum Gasteiger partial charge on any atom is 0.268 e. The predicted molar refractivity (Wildman–Crippen MR) is 140 cm³/mol. The zero-order valence-electron chi connectivity index (χ0n) is 19.1. The van der Waals surface area contributed by atoms with Gasteiger partial charge in [-0.25, -0.2) is 4.99 Å². The van der Waals surface area contributed by atoms with Gasteiger partial charge in [-0.3, -0.25) is 9.69 Å². The van der Waals surface area contributed by atoms with Gasteiger partial charge in [0, 0.05) is 25.5 Å². The van der Waals surface area contributed by atoms with E-state index in [0.717, 1.165) is 23.5 Å². The van der Waals surface area contributed by atoms with E-state index < -0.39 is 0 Å². The summed E-state index contributed by atoms with van der Waals surface area (Å²) in [5.74, 6) is -0.100. The highest BCUT2D eigenvalue weighted by Crippen LogP contribution is 2.36. The average Bonchev–Trinajstić information content (AvgIpc) is 3.15. The Morgan fingerprint density at radius 3 is 2.47 bits per heavy atom. The lowest BCUT2D eigenvalue weighted by Crippen LogP contribution is -2.28. The lowest BCUT2D eigenvalue weighted by atomic mass is 10.2. The first-order chi connectivity index (χ1) is 16.6. The fourth-order valence-electron chi connectivity index (χ4n) is 3.54. The Morgan fingerprint density at radius 2 is 1.79 bits per heavy atom. The third-order valence-electron chi connectivity index (χ3n) is 5.26. The molecule has 1 aliphatic heterocycles. The van der Waals surface area contributed by atoms with Gasteiger partial charge in [-0.05, 0) is 54.6 Å². The Balaban J connectivity index is 1.74. The number of rotatable bonds is 7. The maximum absolute atomic E-state index is 13.5. The first kappa shape index (κ1) is 23.1. The smallest absolute Gasteiger partial charge is 0.268 e. The summed E-state index contributed by atoms with van der Waals surface area (Å²) in [6.45, 7) is 3.13. The maximum atomic E-state index is 13.5. The van der Waals surface area contributed by atoms with Crippen LogP contribution in [-0.2, 0) is 11.3 Å². The number of nitrogens with one attached hydrogen (secondary N) is 1. The second-order valence-corrected chi connectivity index (χ2v) is 8.70. The fraction of sp³-hybridized carbons (Fsp3) is 0.148. The van der Waals surface area contributed by atoms with Crippen LogP contribution in [-0.4, -0.2) is 29.6 Å². The van der Waals surface area contributed by atoms with Gasteiger partial charge in [0.2, 0.25) is 0 Å². The van der Waals surface area contributed by atoms with Crippen LogP contribution in [0.2, 0.25) is 0 Å². The Labute approximate surface area is 204 Å². The van der Waals surface area contributed by atoms with Crippen LogP contribution in [0.5, 0.6) is 0 Å². The number of aliphatic imine (C=N–C) groups is 1. The normalized spacial score (nSPS) is 15.6. The van der Waals surface area contributed by atoms with Crippen molar-refractivity contribution in [2.24, 2.45) is 4.99 Å². The molecule has 3 aromatic carbocycles. The third kappa shape index (κ3) is 5.30. The fourth-order valence-corrected chi connectivity index (χ4v) is 4.54. The summed E-state index contributed by atoms with van der Waals surface area (Å²) in [5, 5.41) is 13.2. The number of carbonyl (C=O) groups is 1. The molecule has 0 aromatic heterocycles. The first-order valence-corrected chi connectivity index (χ1v) is 11.8. The van der Waals surface area contributed by atoms with Crippen molar-refractivity contribution in [1.29, 1.82) is 5.26 Å². The Hall–Kier alpha value is -4.02. The largest absolute Gasteiger partial charge is 0.384 e. The summed E-state index contributed by atoms with van der Waals surface area (Å²) < 4.78 is 0. The molecule has 4 rings (SSSR count). The van der Waals surface area contributed by atoms with Crippen molar-refractivity contribution in [1.82, 2.24) is 4.90 Å². The Bertz CT molecular complexity index is 1270. The summed E-state index contributed by atoms with van der Waals surface area (Å²) in [4.78, 5) is 22.5. The van der Waals surface area contributed by atoms with Gasteiger partial charge in [0.05, 0.1) is 34.5 Å². The summed E-state index contributed by atoms with van der Waals surface area (Å²) in [6, 6.07) is 27.3. The monoisotopic (exact) mass is 467 g/mol. The van der Waals surface area contributed by atoms with Gasteiger partial charge in [0.1, 0.15) is 0 Å². The van der Waals surface area contributed by atoms with E-state index in [1.807, 2.05) is 91.8 Å². The molecule has 0 aliphatic carbocycles. The predicted octanol–water partition coefficient (Wildman–Crippen LogP) is 5.73. The van der Waals surface area contributed by atoms with Crippen molar-refractivity contribution in [3.05, 3.63) is 101 Å². The highest BCUT2D eigenvalue weighted by Gasteiger charge is 2.34. The number of nitrogens with zero attached hydrogens (tertiary/aromatic N) is 4. The molecule has 0 unspecified atom stereocenters. The molecule has 0 bridgehead atoms. The van der Waals surface area contributed by atoms with E-state index in [1.54, 1.807) is 17.0 Å². The van der Waals surface area contributed by atoms with Gasteiger partial charge >= 0.3 is 0 Å². The molecule has 1 heterocycles. The van der Waals surface area contributed by atoms with E-state index in [1.165, 1.54) is 11.8 Å². The van der Waals surface area contributed by atoms with Crippen molar-refractivity contribution in [2.75, 3.05) is 23.8 Å².